The molecule has 0 aliphatic heterocycles. The molecule has 0 fully saturated rings. The summed E-state index contributed by atoms with van der Waals surface area (Å²) in [5, 5.41) is 11.1. The molecule has 0 radical (unpaired) electrons. The molecule has 114 valence electrons. The second-order valence-electron chi connectivity index (χ2n) is 5.43. The molecular formula is C15H23N5O. The molecule has 2 rings (SSSR count). The van der Waals surface area contributed by atoms with Gasteiger partial charge in [0.05, 0.1) is 11.9 Å². The Bertz CT molecular complexity index is 573. The Labute approximate surface area is 125 Å². The summed E-state index contributed by atoms with van der Waals surface area (Å²) < 4.78 is 2.00. The number of rotatable bonds is 7. The molecule has 0 atom stereocenters. The van der Waals surface area contributed by atoms with E-state index in [1.54, 1.807) is 11.1 Å². The SMILES string of the molecule is Cc1cc(C)n(CCCN(C)C(=O)CCc2cn[nH]c2)n1. The molecular weight excluding hydrogens is 266 g/mol. The van der Waals surface area contributed by atoms with E-state index >= 15 is 0 Å². The third-order valence-electron chi connectivity index (χ3n) is 3.57. The Balaban J connectivity index is 1.70. The lowest BCUT2D eigenvalue weighted by Crippen LogP contribution is -2.28. The second-order valence-corrected chi connectivity index (χ2v) is 5.43. The third kappa shape index (κ3) is 4.44. The molecule has 2 aromatic rings. The van der Waals surface area contributed by atoms with Gasteiger partial charge in [-0.1, -0.05) is 0 Å². The molecule has 0 aliphatic rings. The summed E-state index contributed by atoms with van der Waals surface area (Å²) in [5.74, 6) is 0.171. The van der Waals surface area contributed by atoms with Crippen molar-refractivity contribution in [2.24, 2.45) is 0 Å². The van der Waals surface area contributed by atoms with E-state index in [0.717, 1.165) is 37.2 Å². The van der Waals surface area contributed by atoms with Crippen molar-refractivity contribution in [2.75, 3.05) is 13.6 Å². The van der Waals surface area contributed by atoms with Gasteiger partial charge in [-0.05, 0) is 38.3 Å². The van der Waals surface area contributed by atoms with Gasteiger partial charge in [-0.15, -0.1) is 0 Å². The Hall–Kier alpha value is -2.11. The molecule has 1 amide bonds. The van der Waals surface area contributed by atoms with E-state index in [0.29, 0.717) is 6.42 Å². The van der Waals surface area contributed by atoms with E-state index in [4.69, 9.17) is 0 Å². The maximum Gasteiger partial charge on any atom is 0.222 e. The van der Waals surface area contributed by atoms with Gasteiger partial charge in [0.25, 0.3) is 0 Å². The first-order valence-electron chi connectivity index (χ1n) is 7.29. The maximum absolute atomic E-state index is 12.0. The van der Waals surface area contributed by atoms with E-state index in [1.807, 2.05) is 24.9 Å². The van der Waals surface area contributed by atoms with Crippen LogP contribution in [0.15, 0.2) is 18.5 Å². The van der Waals surface area contributed by atoms with Gasteiger partial charge in [0.15, 0.2) is 0 Å². The highest BCUT2D eigenvalue weighted by Crippen LogP contribution is 2.05. The van der Waals surface area contributed by atoms with E-state index in [1.165, 1.54) is 5.69 Å². The van der Waals surface area contributed by atoms with Gasteiger partial charge < -0.3 is 4.90 Å². The summed E-state index contributed by atoms with van der Waals surface area (Å²) >= 11 is 0. The number of H-pyrrole nitrogens is 1. The quantitative estimate of drug-likeness (QED) is 0.843. The number of nitrogens with one attached hydrogen (secondary N) is 1. The highest BCUT2D eigenvalue weighted by Gasteiger charge is 2.09. The number of carbonyl (C=O) groups is 1. The van der Waals surface area contributed by atoms with Crippen LogP contribution in [0.3, 0.4) is 0 Å². The predicted molar refractivity (Wildman–Crippen MR) is 80.9 cm³/mol. The highest BCUT2D eigenvalue weighted by atomic mass is 16.2. The first-order valence-corrected chi connectivity index (χ1v) is 7.29. The van der Waals surface area contributed by atoms with Crippen LogP contribution in [0.2, 0.25) is 0 Å². The zero-order chi connectivity index (χ0) is 15.2. The summed E-state index contributed by atoms with van der Waals surface area (Å²) in [6, 6.07) is 2.07. The first-order chi connectivity index (χ1) is 10.1. The molecule has 2 heterocycles. The van der Waals surface area contributed by atoms with Crippen LogP contribution in [0.25, 0.3) is 0 Å². The molecule has 6 nitrogen and oxygen atoms in total. The summed E-state index contributed by atoms with van der Waals surface area (Å²) in [6.45, 7) is 5.65. The van der Waals surface area contributed by atoms with Crippen molar-refractivity contribution in [3.05, 3.63) is 35.4 Å². The van der Waals surface area contributed by atoms with Crippen LogP contribution in [0.4, 0.5) is 0 Å². The van der Waals surface area contributed by atoms with E-state index in [2.05, 4.69) is 28.3 Å². The monoisotopic (exact) mass is 289 g/mol. The van der Waals surface area contributed by atoms with Crippen LogP contribution in [0, 0.1) is 13.8 Å². The Morgan fingerprint density at radius 3 is 2.86 bits per heavy atom. The van der Waals surface area contributed by atoms with Crippen LogP contribution in [-0.4, -0.2) is 44.4 Å². The van der Waals surface area contributed by atoms with Crippen LogP contribution in [0.1, 0.15) is 29.8 Å². The van der Waals surface area contributed by atoms with Gasteiger partial charge in [0.1, 0.15) is 0 Å². The molecule has 6 heteroatoms. The van der Waals surface area contributed by atoms with Crippen LogP contribution in [0.5, 0.6) is 0 Å². The lowest BCUT2D eigenvalue weighted by Gasteiger charge is -2.17. The van der Waals surface area contributed by atoms with Crippen molar-refractivity contribution in [3.63, 3.8) is 0 Å². The van der Waals surface area contributed by atoms with E-state index < -0.39 is 0 Å². The standard InChI is InChI=1S/C15H23N5O/c1-12-9-13(2)20(18-12)8-4-7-19(3)15(21)6-5-14-10-16-17-11-14/h9-11H,4-8H2,1-3H3,(H,16,17). The molecule has 0 spiro atoms. The molecule has 0 aliphatic carbocycles. The van der Waals surface area contributed by atoms with E-state index in [9.17, 15) is 4.79 Å². The third-order valence-corrected chi connectivity index (χ3v) is 3.57. The molecule has 2 aromatic heterocycles. The van der Waals surface area contributed by atoms with Gasteiger partial charge in [-0.25, -0.2) is 0 Å². The zero-order valence-corrected chi connectivity index (χ0v) is 13.0. The minimum atomic E-state index is 0.171. The smallest absolute Gasteiger partial charge is 0.222 e. The average Bonchev–Trinajstić information content (AvgIpc) is 3.06. The summed E-state index contributed by atoms with van der Waals surface area (Å²) in [7, 11) is 1.86. The van der Waals surface area contributed by atoms with Crippen LogP contribution in [-0.2, 0) is 17.8 Å². The van der Waals surface area contributed by atoms with Crippen molar-refractivity contribution in [1.29, 1.82) is 0 Å². The van der Waals surface area contributed by atoms with Crippen LogP contribution >= 0.6 is 0 Å². The largest absolute Gasteiger partial charge is 0.346 e. The normalized spacial score (nSPS) is 10.8. The van der Waals surface area contributed by atoms with Gasteiger partial charge in [-0.2, -0.15) is 10.2 Å². The number of aromatic amines is 1. The number of amides is 1. The fraction of sp³-hybridized carbons (Fsp3) is 0.533. The van der Waals surface area contributed by atoms with Gasteiger partial charge in [-0.3, -0.25) is 14.6 Å². The minimum Gasteiger partial charge on any atom is -0.346 e. The molecule has 0 aromatic carbocycles. The van der Waals surface area contributed by atoms with Gasteiger partial charge >= 0.3 is 0 Å². The number of nitrogens with zero attached hydrogens (tertiary/aromatic N) is 4. The molecule has 0 unspecified atom stereocenters. The summed E-state index contributed by atoms with van der Waals surface area (Å²) in [5.41, 5.74) is 3.28. The fourth-order valence-corrected chi connectivity index (χ4v) is 2.34. The summed E-state index contributed by atoms with van der Waals surface area (Å²) in [4.78, 5) is 13.8. The number of carbonyl (C=O) groups excluding carboxylic acids is 1. The second kappa shape index (κ2) is 7.06. The Kier molecular flexibility index (Phi) is 5.14. The van der Waals surface area contributed by atoms with E-state index in [-0.39, 0.29) is 5.91 Å². The minimum absolute atomic E-state index is 0.171. The zero-order valence-electron chi connectivity index (χ0n) is 13.0. The van der Waals surface area contributed by atoms with Crippen molar-refractivity contribution >= 4 is 5.91 Å². The molecule has 0 saturated heterocycles. The topological polar surface area (TPSA) is 66.8 Å². The molecule has 0 saturated carbocycles. The molecule has 0 bridgehead atoms. The fourth-order valence-electron chi connectivity index (χ4n) is 2.34. The van der Waals surface area contributed by atoms with Crippen molar-refractivity contribution < 1.29 is 4.79 Å². The first kappa shape index (κ1) is 15.3. The summed E-state index contributed by atoms with van der Waals surface area (Å²) in [6.07, 6.45) is 5.76. The number of aromatic nitrogens is 4. The number of aryl methyl sites for hydroxylation is 4. The molecule has 21 heavy (non-hydrogen) atoms. The highest BCUT2D eigenvalue weighted by molar-refractivity contribution is 5.76. The van der Waals surface area contributed by atoms with Crippen LogP contribution < -0.4 is 0 Å². The predicted octanol–water partition coefficient (Wildman–Crippen LogP) is 1.70. The van der Waals surface area contributed by atoms with Crippen molar-refractivity contribution in [1.82, 2.24) is 24.9 Å². The van der Waals surface area contributed by atoms with Crippen molar-refractivity contribution in [2.45, 2.75) is 39.7 Å². The lowest BCUT2D eigenvalue weighted by atomic mass is 10.2. The maximum atomic E-state index is 12.0. The van der Waals surface area contributed by atoms with Gasteiger partial charge in [0.2, 0.25) is 5.91 Å². The van der Waals surface area contributed by atoms with Crippen molar-refractivity contribution in [3.8, 4) is 0 Å². The lowest BCUT2D eigenvalue weighted by molar-refractivity contribution is -0.129. The Morgan fingerprint density at radius 1 is 1.43 bits per heavy atom. The van der Waals surface area contributed by atoms with Gasteiger partial charge in [0, 0.05) is 38.4 Å². The number of hydrogen-bond acceptors (Lipinski definition) is 3. The average molecular weight is 289 g/mol. The molecule has 1 N–H and O–H groups in total. The number of hydrogen-bond donors (Lipinski definition) is 1. The Morgan fingerprint density at radius 2 is 2.24 bits per heavy atom.